The predicted molar refractivity (Wildman–Crippen MR) is 342 cm³/mol. The number of benzene rings is 10. The van der Waals surface area contributed by atoms with E-state index in [1.165, 1.54) is 0 Å². The van der Waals surface area contributed by atoms with Gasteiger partial charge in [0.15, 0.2) is 0 Å². The van der Waals surface area contributed by atoms with E-state index in [0.717, 1.165) is 108 Å². The quantitative estimate of drug-likeness (QED) is 0.112. The van der Waals surface area contributed by atoms with E-state index < -0.39 is 44.1 Å². The Morgan fingerprint density at radius 1 is 0.375 bits per heavy atom. The van der Waals surface area contributed by atoms with Crippen LogP contribution in [0.3, 0.4) is 0 Å². The summed E-state index contributed by atoms with van der Waals surface area (Å²) in [6.45, 7) is 12.0. The van der Waals surface area contributed by atoms with Crippen molar-refractivity contribution in [3.05, 3.63) is 248 Å². The van der Waals surface area contributed by atoms with E-state index in [2.05, 4.69) is 158 Å². The zero-order chi connectivity index (χ0) is 61.2. The molecule has 0 fully saturated rings. The molecule has 441 valence electrons. The molecule has 7 heterocycles. The predicted octanol–water partition coefficient (Wildman–Crippen LogP) is 11.1. The fourth-order valence-corrected chi connectivity index (χ4v) is 11.6. The molecule has 10 bridgehead atoms. The van der Waals surface area contributed by atoms with Crippen molar-refractivity contribution in [3.8, 4) is 0 Å². The average molecular weight is 1240 g/mol. The normalized spacial score (nSPS) is 18.3. The van der Waals surface area contributed by atoms with E-state index in [4.69, 9.17) is 73.1 Å². The van der Waals surface area contributed by atoms with Crippen LogP contribution < -0.4 is 47.9 Å². The molecule has 20 heteroatoms. The van der Waals surface area contributed by atoms with Gasteiger partial charge in [-0.1, -0.05) is 211 Å². The van der Waals surface area contributed by atoms with Crippen LogP contribution in [0, 0.1) is 0 Å². The molecule has 0 amide bonds. The Morgan fingerprint density at radius 3 is 0.807 bits per heavy atom. The standard InChI is InChI=1S/C60H32N11.3C2H6.2CH4O3S.Fe/c1-3-13-33-23-43-41(21-31(33)11-1)51-61-53(43)66-59-50-30-40-20-10-8-18-38(40)28-48(50)58(71-59)64-52-42-22-32-12-2-4-14-34(32)24-44(42)54(62-52)67-60(49-29-39-19-9-7-17-37(39)27-47(49)57(63-51)70-60)69-56-46-26-36-16-6-5-15-35(36)25-45(46)55(65-56)68-59;3*1-2;2*1-5(2,3)4;/h1-30,57-58H;3*1-2H3;2*1H3,(H,2,3,4);/q-5;;;;;;+5/p-1. The molecule has 4 aliphatic rings. The third-order valence-corrected chi connectivity index (χ3v) is 15.0. The maximum absolute atomic E-state index is 9.19. The summed E-state index contributed by atoms with van der Waals surface area (Å²) < 4.78 is 53.1. The topological polar surface area (TPSA) is 256 Å². The van der Waals surface area contributed by atoms with Gasteiger partial charge in [0, 0.05) is 39.2 Å². The Labute approximate surface area is 516 Å². The second-order valence-corrected chi connectivity index (χ2v) is 23.4. The Hall–Kier alpha value is -8.82. The number of rotatable bonds is 0. The van der Waals surface area contributed by atoms with Gasteiger partial charge in [-0.2, -0.15) is 8.42 Å². The van der Waals surface area contributed by atoms with Crippen molar-refractivity contribution in [1.29, 1.82) is 0 Å². The zero-order valence-corrected chi connectivity index (χ0v) is 51.8. The Bertz CT molecular complexity index is 5240. The molecule has 88 heavy (non-hydrogen) atoms. The van der Waals surface area contributed by atoms with Crippen LogP contribution in [0.5, 0.6) is 0 Å². The fraction of sp³-hybridized carbons (Fsp3) is 0.176. The van der Waals surface area contributed by atoms with Gasteiger partial charge in [-0.3, -0.25) is 4.55 Å². The first-order valence-electron chi connectivity index (χ1n) is 28.6. The minimum atomic E-state index is -3.92. The van der Waals surface area contributed by atoms with E-state index in [1.54, 1.807) is 0 Å². The average Bonchev–Trinajstić information content (AvgIpc) is 1.77. The minimum Gasteiger partial charge on any atom is -0.748 e. The summed E-state index contributed by atoms with van der Waals surface area (Å²) in [5.41, 5.74) is 6.02. The molecule has 10 aromatic carbocycles. The molecule has 4 atom stereocenters. The van der Waals surface area contributed by atoms with Crippen LogP contribution in [-0.4, -0.2) is 38.5 Å². The molecule has 17 rings (SSSR count). The summed E-state index contributed by atoms with van der Waals surface area (Å²) in [5, 5.41) is 26.7. The van der Waals surface area contributed by atoms with Crippen molar-refractivity contribution in [2.75, 3.05) is 12.5 Å². The van der Waals surface area contributed by atoms with Gasteiger partial charge in [-0.05, 0) is 145 Å². The number of hydrogen-bond donors (Lipinski definition) is 1. The molecule has 3 aromatic heterocycles. The van der Waals surface area contributed by atoms with Crippen molar-refractivity contribution >= 4 is 106 Å². The van der Waals surface area contributed by atoms with E-state index in [0.29, 0.717) is 45.4 Å². The van der Waals surface area contributed by atoms with Crippen molar-refractivity contribution < 1.29 is 43.0 Å². The van der Waals surface area contributed by atoms with Gasteiger partial charge in [-0.15, -0.1) is 0 Å². The van der Waals surface area contributed by atoms with Gasteiger partial charge in [0.05, 0.1) is 16.4 Å². The van der Waals surface area contributed by atoms with Crippen LogP contribution in [0.25, 0.3) is 96.8 Å². The van der Waals surface area contributed by atoms with Gasteiger partial charge in [0.25, 0.3) is 10.1 Å². The molecule has 17 nitrogen and oxygen atoms in total. The number of aromatic nitrogens is 3. The van der Waals surface area contributed by atoms with Crippen molar-refractivity contribution in [2.24, 2.45) is 30.0 Å². The first-order valence-corrected chi connectivity index (χ1v) is 32.3. The van der Waals surface area contributed by atoms with Crippen molar-refractivity contribution in [3.63, 3.8) is 0 Å². The maximum atomic E-state index is 9.19. The summed E-state index contributed by atoms with van der Waals surface area (Å²) in [4.78, 5) is 50.4. The molecule has 13 aromatic rings. The van der Waals surface area contributed by atoms with Crippen LogP contribution in [0.15, 0.2) is 212 Å². The second-order valence-electron chi connectivity index (χ2n) is 20.5. The molecular formula is C68H57FeN11O6S2-. The van der Waals surface area contributed by atoms with Crippen LogP contribution in [-0.2, 0) is 48.9 Å². The van der Waals surface area contributed by atoms with Gasteiger partial charge in [0.2, 0.25) is 0 Å². The Balaban J connectivity index is 0.000000429. The second kappa shape index (κ2) is 23.7. The van der Waals surface area contributed by atoms with E-state index in [1.807, 2.05) is 65.8 Å². The number of fused-ring (bicyclic) bond motifs is 22. The zero-order valence-electron chi connectivity index (χ0n) is 49.1. The van der Waals surface area contributed by atoms with Crippen LogP contribution in [0.1, 0.15) is 76.1 Å². The molecule has 0 aliphatic carbocycles. The molecule has 0 saturated carbocycles. The molecule has 1 radical (unpaired) electrons. The van der Waals surface area contributed by atoms with E-state index in [-0.39, 0.29) is 17.1 Å². The van der Waals surface area contributed by atoms with E-state index >= 15 is 0 Å². The molecular weight excluding hydrogens is 1190 g/mol. The largest absolute Gasteiger partial charge is 5.00 e. The summed E-state index contributed by atoms with van der Waals surface area (Å²) >= 11 is 0. The van der Waals surface area contributed by atoms with Gasteiger partial charge >= 0.3 is 17.1 Å². The summed E-state index contributed by atoms with van der Waals surface area (Å²) in [5.74, 6) is -3.28. The summed E-state index contributed by atoms with van der Waals surface area (Å²) in [6.07, 6.45) is -0.274. The fourth-order valence-electron chi connectivity index (χ4n) is 11.6. The van der Waals surface area contributed by atoms with Crippen molar-refractivity contribution in [2.45, 2.75) is 65.4 Å². The first kappa shape index (κ1) is 60.9. The summed E-state index contributed by atoms with van der Waals surface area (Å²) in [6, 6.07) is 63.2. The number of nitrogens with zero attached hydrogens (tertiary/aromatic N) is 11. The van der Waals surface area contributed by atoms with Crippen LogP contribution in [0.2, 0.25) is 0 Å². The van der Waals surface area contributed by atoms with Crippen LogP contribution >= 0.6 is 0 Å². The SMILES string of the molecule is CC.CC.CC.CS(=O)(=O)O.CS(=O)(=O)[O-].[Fe+5].c1ccc2cc3c(cc2c1)C1N=c2[n-]c(c4cc5ccccc5cc24)=NC24N=c5[n-]c(c6cc7ccccc7cc56)=NC3(N=c3[n-]c(c5cc6ccccc6cc35)=NC([N-]2)c2cc3ccccc3cc24)[N-]1. The molecule has 2 spiro atoms. The molecule has 1 N–H and O–H groups in total. The maximum Gasteiger partial charge on any atom is 5.00 e. The van der Waals surface area contributed by atoms with Gasteiger partial charge < -0.3 is 60.1 Å². The van der Waals surface area contributed by atoms with Gasteiger partial charge in [-0.25, -0.2) is 8.42 Å². The summed E-state index contributed by atoms with van der Waals surface area (Å²) in [7, 11) is -7.58. The monoisotopic (exact) mass is 1240 g/mol. The van der Waals surface area contributed by atoms with E-state index in [9.17, 15) is 8.42 Å². The van der Waals surface area contributed by atoms with Crippen molar-refractivity contribution in [1.82, 2.24) is 15.0 Å². The first-order chi connectivity index (χ1) is 42.0. The third kappa shape index (κ3) is 11.2. The van der Waals surface area contributed by atoms with Gasteiger partial charge in [0.1, 0.15) is 0 Å². The van der Waals surface area contributed by atoms with Crippen LogP contribution in [0.4, 0.5) is 0 Å². The Morgan fingerprint density at radius 2 is 0.568 bits per heavy atom. The minimum absolute atomic E-state index is 0. The Kier molecular flexibility index (Phi) is 16.4. The smallest absolute Gasteiger partial charge is 0.748 e. The molecule has 4 unspecified atom stereocenters. The molecule has 0 saturated heterocycles. The third-order valence-electron chi connectivity index (χ3n) is 15.0. The number of hydrogen-bond acceptors (Lipinski definition) is 11. The molecule has 4 aliphatic heterocycles.